The zero-order valence-electron chi connectivity index (χ0n) is 12.6. The smallest absolute Gasteiger partial charge is 0.260 e. The fraction of sp³-hybridized carbons (Fsp3) is 0.235. The molecule has 1 N–H and O–H groups in total. The molecule has 2 aromatic rings. The number of halogens is 2. The lowest BCUT2D eigenvalue weighted by atomic mass is 10.3. The maximum atomic E-state index is 12.0. The van der Waals surface area contributed by atoms with E-state index < -0.39 is 6.10 Å². The van der Waals surface area contributed by atoms with Crippen LogP contribution in [0.2, 0.25) is 10.0 Å². The topological polar surface area (TPSA) is 47.6 Å². The van der Waals surface area contributed by atoms with E-state index in [1.54, 1.807) is 43.3 Å². The number of hydrogen-bond donors (Lipinski definition) is 1. The molecule has 0 aliphatic rings. The summed E-state index contributed by atoms with van der Waals surface area (Å²) in [5, 5.41) is 3.84. The largest absolute Gasteiger partial charge is 0.490 e. The average molecular weight is 354 g/mol. The first-order valence-corrected chi connectivity index (χ1v) is 7.89. The van der Waals surface area contributed by atoms with Crippen molar-refractivity contribution in [2.75, 3.05) is 13.2 Å². The fourth-order valence-electron chi connectivity index (χ4n) is 1.84. The van der Waals surface area contributed by atoms with Crippen LogP contribution in [0.3, 0.4) is 0 Å². The summed E-state index contributed by atoms with van der Waals surface area (Å²) < 4.78 is 11.0. The standard InChI is InChI=1S/C17H17Cl2NO3/c1-12(23-14-6-4-5-13(18)11-14)17(21)20-9-10-22-16-8-3-2-7-15(16)19/h2-8,11-12H,9-10H2,1H3,(H,20,21). The molecule has 0 aliphatic carbocycles. The van der Waals surface area contributed by atoms with Crippen LogP contribution in [0, 0.1) is 0 Å². The molecule has 0 saturated carbocycles. The minimum atomic E-state index is -0.631. The number of carbonyl (C=O) groups excluding carboxylic acids is 1. The Kier molecular flexibility index (Phi) is 6.56. The van der Waals surface area contributed by atoms with Gasteiger partial charge in [-0.3, -0.25) is 4.79 Å². The maximum absolute atomic E-state index is 12.0. The van der Waals surface area contributed by atoms with Crippen LogP contribution in [0.4, 0.5) is 0 Å². The Morgan fingerprint density at radius 1 is 1.17 bits per heavy atom. The van der Waals surface area contributed by atoms with Crippen LogP contribution < -0.4 is 14.8 Å². The normalized spacial score (nSPS) is 11.6. The van der Waals surface area contributed by atoms with Crippen molar-refractivity contribution in [3.05, 3.63) is 58.6 Å². The van der Waals surface area contributed by atoms with E-state index in [1.165, 1.54) is 0 Å². The predicted octanol–water partition coefficient (Wildman–Crippen LogP) is 3.96. The number of hydrogen-bond acceptors (Lipinski definition) is 3. The van der Waals surface area contributed by atoms with Gasteiger partial charge in [0.1, 0.15) is 18.1 Å². The van der Waals surface area contributed by atoms with Gasteiger partial charge in [-0.2, -0.15) is 0 Å². The first-order valence-electron chi connectivity index (χ1n) is 7.13. The number of para-hydroxylation sites is 1. The summed E-state index contributed by atoms with van der Waals surface area (Å²) >= 11 is 11.8. The quantitative estimate of drug-likeness (QED) is 0.766. The van der Waals surface area contributed by atoms with E-state index in [4.69, 9.17) is 32.7 Å². The van der Waals surface area contributed by atoms with E-state index in [0.29, 0.717) is 34.7 Å². The van der Waals surface area contributed by atoms with Crippen LogP contribution in [0.15, 0.2) is 48.5 Å². The Labute approximate surface area is 145 Å². The van der Waals surface area contributed by atoms with Crippen molar-refractivity contribution in [2.45, 2.75) is 13.0 Å². The van der Waals surface area contributed by atoms with Gasteiger partial charge in [-0.1, -0.05) is 41.4 Å². The van der Waals surface area contributed by atoms with E-state index in [-0.39, 0.29) is 5.91 Å². The second-order valence-electron chi connectivity index (χ2n) is 4.79. The zero-order chi connectivity index (χ0) is 16.7. The molecule has 0 aromatic heterocycles. The van der Waals surface area contributed by atoms with Crippen LogP contribution in [0.5, 0.6) is 11.5 Å². The minimum absolute atomic E-state index is 0.229. The molecule has 2 aromatic carbocycles. The number of rotatable bonds is 7. The molecule has 0 aliphatic heterocycles. The number of amides is 1. The van der Waals surface area contributed by atoms with Gasteiger partial charge in [0.25, 0.3) is 5.91 Å². The van der Waals surface area contributed by atoms with E-state index in [1.807, 2.05) is 12.1 Å². The minimum Gasteiger partial charge on any atom is -0.490 e. The monoisotopic (exact) mass is 353 g/mol. The Bertz CT molecular complexity index is 664. The second-order valence-corrected chi connectivity index (χ2v) is 5.63. The number of benzene rings is 2. The molecule has 6 heteroatoms. The van der Waals surface area contributed by atoms with Gasteiger partial charge in [0.05, 0.1) is 11.6 Å². The molecular formula is C17H17Cl2NO3. The second kappa shape index (κ2) is 8.65. The molecule has 0 radical (unpaired) electrons. The molecule has 0 heterocycles. The fourth-order valence-corrected chi connectivity index (χ4v) is 2.21. The van der Waals surface area contributed by atoms with Crippen molar-refractivity contribution in [3.8, 4) is 11.5 Å². The van der Waals surface area contributed by atoms with E-state index in [2.05, 4.69) is 5.32 Å². The lowest BCUT2D eigenvalue weighted by molar-refractivity contribution is -0.127. The highest BCUT2D eigenvalue weighted by molar-refractivity contribution is 6.32. The van der Waals surface area contributed by atoms with Crippen molar-refractivity contribution in [3.63, 3.8) is 0 Å². The van der Waals surface area contributed by atoms with Crippen LogP contribution >= 0.6 is 23.2 Å². The lowest BCUT2D eigenvalue weighted by Crippen LogP contribution is -2.38. The van der Waals surface area contributed by atoms with Gasteiger partial charge >= 0.3 is 0 Å². The number of carbonyl (C=O) groups is 1. The summed E-state index contributed by atoms with van der Waals surface area (Å²) in [5.74, 6) is 0.909. The van der Waals surface area contributed by atoms with Crippen molar-refractivity contribution in [1.82, 2.24) is 5.32 Å². The highest BCUT2D eigenvalue weighted by atomic mass is 35.5. The summed E-state index contributed by atoms with van der Waals surface area (Å²) in [6, 6.07) is 14.1. The third kappa shape index (κ3) is 5.66. The molecule has 1 atom stereocenters. The van der Waals surface area contributed by atoms with E-state index in [9.17, 15) is 4.79 Å². The molecule has 2 rings (SSSR count). The van der Waals surface area contributed by atoms with E-state index in [0.717, 1.165) is 0 Å². The van der Waals surface area contributed by atoms with Gasteiger partial charge < -0.3 is 14.8 Å². The third-order valence-corrected chi connectivity index (χ3v) is 3.52. The van der Waals surface area contributed by atoms with Gasteiger partial charge in [-0.05, 0) is 37.3 Å². The molecule has 122 valence electrons. The first kappa shape index (κ1) is 17.4. The molecule has 23 heavy (non-hydrogen) atoms. The van der Waals surface area contributed by atoms with E-state index >= 15 is 0 Å². The Morgan fingerprint density at radius 3 is 2.70 bits per heavy atom. The van der Waals surface area contributed by atoms with Crippen molar-refractivity contribution in [1.29, 1.82) is 0 Å². The SMILES string of the molecule is CC(Oc1cccc(Cl)c1)C(=O)NCCOc1ccccc1Cl. The van der Waals surface area contributed by atoms with Crippen LogP contribution in [-0.4, -0.2) is 25.2 Å². The van der Waals surface area contributed by atoms with Crippen LogP contribution in [0.25, 0.3) is 0 Å². The number of ether oxygens (including phenoxy) is 2. The zero-order valence-corrected chi connectivity index (χ0v) is 14.1. The summed E-state index contributed by atoms with van der Waals surface area (Å²) in [4.78, 5) is 12.0. The van der Waals surface area contributed by atoms with Crippen molar-refractivity contribution in [2.24, 2.45) is 0 Å². The molecular weight excluding hydrogens is 337 g/mol. The molecule has 0 fully saturated rings. The molecule has 0 bridgehead atoms. The molecule has 4 nitrogen and oxygen atoms in total. The van der Waals surface area contributed by atoms with Crippen LogP contribution in [-0.2, 0) is 4.79 Å². The lowest BCUT2D eigenvalue weighted by Gasteiger charge is -2.15. The van der Waals surface area contributed by atoms with Gasteiger partial charge in [0.2, 0.25) is 0 Å². The number of nitrogens with one attached hydrogen (secondary N) is 1. The van der Waals surface area contributed by atoms with Gasteiger partial charge in [-0.25, -0.2) is 0 Å². The molecule has 0 saturated heterocycles. The Hall–Kier alpha value is -1.91. The van der Waals surface area contributed by atoms with Gasteiger partial charge in [0.15, 0.2) is 6.10 Å². The van der Waals surface area contributed by atoms with Crippen LogP contribution in [0.1, 0.15) is 6.92 Å². The molecule has 0 spiro atoms. The summed E-state index contributed by atoms with van der Waals surface area (Å²) in [7, 11) is 0. The third-order valence-electron chi connectivity index (χ3n) is 2.97. The van der Waals surface area contributed by atoms with Gasteiger partial charge in [0, 0.05) is 5.02 Å². The highest BCUT2D eigenvalue weighted by Gasteiger charge is 2.14. The first-order chi connectivity index (χ1) is 11.1. The predicted molar refractivity (Wildman–Crippen MR) is 91.5 cm³/mol. The van der Waals surface area contributed by atoms with Crippen molar-refractivity contribution >= 4 is 29.1 Å². The van der Waals surface area contributed by atoms with Gasteiger partial charge in [-0.15, -0.1) is 0 Å². The van der Waals surface area contributed by atoms with Crippen molar-refractivity contribution < 1.29 is 14.3 Å². The highest BCUT2D eigenvalue weighted by Crippen LogP contribution is 2.22. The Morgan fingerprint density at radius 2 is 1.96 bits per heavy atom. The summed E-state index contributed by atoms with van der Waals surface area (Å²) in [6.45, 7) is 2.35. The summed E-state index contributed by atoms with van der Waals surface area (Å²) in [5.41, 5.74) is 0. The Balaban J connectivity index is 1.73. The molecule has 1 unspecified atom stereocenters. The summed E-state index contributed by atoms with van der Waals surface area (Å²) in [6.07, 6.45) is -0.631. The molecule has 1 amide bonds. The average Bonchev–Trinajstić information content (AvgIpc) is 2.53. The maximum Gasteiger partial charge on any atom is 0.260 e.